The number of piperidine rings is 1. The number of likely N-dealkylation sites (tertiary alicyclic amines) is 1. The first-order valence-electron chi connectivity index (χ1n) is 8.48. The Bertz CT molecular complexity index is 510. The molecule has 1 aromatic carbocycles. The molecule has 0 saturated carbocycles. The average molecular weight is 317 g/mol. The Hall–Kier alpha value is -2.04. The number of para-hydroxylation sites is 1. The van der Waals surface area contributed by atoms with Gasteiger partial charge >= 0.3 is 6.03 Å². The lowest BCUT2D eigenvalue weighted by Crippen LogP contribution is -2.42. The number of rotatable bonds is 5. The number of hydrogen-bond donors (Lipinski definition) is 2. The van der Waals surface area contributed by atoms with Crippen molar-refractivity contribution in [3.63, 3.8) is 0 Å². The van der Waals surface area contributed by atoms with Crippen LogP contribution in [0.1, 0.15) is 39.5 Å². The predicted octanol–water partition coefficient (Wildman–Crippen LogP) is 3.24. The van der Waals surface area contributed by atoms with Crippen LogP contribution in [0.5, 0.6) is 0 Å². The maximum Gasteiger partial charge on any atom is 0.321 e. The number of amides is 3. The van der Waals surface area contributed by atoms with Crippen LogP contribution >= 0.6 is 0 Å². The highest BCUT2D eigenvalue weighted by Gasteiger charge is 2.24. The number of carbonyl (C=O) groups is 2. The zero-order valence-electron chi connectivity index (χ0n) is 14.0. The van der Waals surface area contributed by atoms with Crippen LogP contribution in [0, 0.1) is 5.92 Å². The van der Waals surface area contributed by atoms with E-state index in [1.807, 2.05) is 42.2 Å². The van der Waals surface area contributed by atoms with Crippen LogP contribution in [0.4, 0.5) is 10.5 Å². The fourth-order valence-corrected chi connectivity index (χ4v) is 2.76. The largest absolute Gasteiger partial charge is 0.354 e. The van der Waals surface area contributed by atoms with Gasteiger partial charge in [0.25, 0.3) is 0 Å². The minimum Gasteiger partial charge on any atom is -0.354 e. The van der Waals surface area contributed by atoms with Gasteiger partial charge in [-0.15, -0.1) is 0 Å². The van der Waals surface area contributed by atoms with Crippen molar-refractivity contribution in [2.75, 3.05) is 18.4 Å². The zero-order valence-corrected chi connectivity index (χ0v) is 14.0. The second-order valence-corrected chi connectivity index (χ2v) is 6.31. The van der Waals surface area contributed by atoms with Gasteiger partial charge in [0.2, 0.25) is 5.91 Å². The topological polar surface area (TPSA) is 61.4 Å². The van der Waals surface area contributed by atoms with Gasteiger partial charge in [0.15, 0.2) is 0 Å². The Labute approximate surface area is 138 Å². The monoisotopic (exact) mass is 317 g/mol. The smallest absolute Gasteiger partial charge is 0.321 e. The first kappa shape index (κ1) is 17.3. The standard InChI is InChI=1S/C18H27N3O2/c1-3-14(2)19-17(22)13-15-9-11-21(12-10-15)18(23)20-16-7-5-4-6-8-16/h4-8,14-15H,3,9-13H2,1-2H3,(H,19,22)(H,20,23)/t14-/m0/s1. The molecule has 1 atom stereocenters. The third kappa shape index (κ3) is 5.58. The van der Waals surface area contributed by atoms with Crippen molar-refractivity contribution in [1.29, 1.82) is 0 Å². The van der Waals surface area contributed by atoms with Crippen molar-refractivity contribution in [2.45, 2.75) is 45.6 Å². The van der Waals surface area contributed by atoms with Crippen molar-refractivity contribution in [2.24, 2.45) is 5.92 Å². The van der Waals surface area contributed by atoms with E-state index in [4.69, 9.17) is 0 Å². The molecule has 1 aromatic rings. The van der Waals surface area contributed by atoms with Gasteiger partial charge in [0.1, 0.15) is 0 Å². The summed E-state index contributed by atoms with van der Waals surface area (Å²) >= 11 is 0. The van der Waals surface area contributed by atoms with Gasteiger partial charge in [-0.2, -0.15) is 0 Å². The molecule has 0 spiro atoms. The normalized spacial score (nSPS) is 16.7. The van der Waals surface area contributed by atoms with Gasteiger partial charge in [0, 0.05) is 31.2 Å². The molecular weight excluding hydrogens is 290 g/mol. The first-order chi connectivity index (χ1) is 11.1. The van der Waals surface area contributed by atoms with Crippen LogP contribution in [0.2, 0.25) is 0 Å². The van der Waals surface area contributed by atoms with Crippen molar-refractivity contribution in [3.8, 4) is 0 Å². The molecule has 1 heterocycles. The van der Waals surface area contributed by atoms with E-state index in [0.29, 0.717) is 25.4 Å². The summed E-state index contributed by atoms with van der Waals surface area (Å²) in [6, 6.07) is 9.66. The molecular formula is C18H27N3O2. The maximum absolute atomic E-state index is 12.2. The summed E-state index contributed by atoms with van der Waals surface area (Å²) in [5.41, 5.74) is 0.813. The summed E-state index contributed by atoms with van der Waals surface area (Å²) in [4.78, 5) is 26.0. The summed E-state index contributed by atoms with van der Waals surface area (Å²) in [5, 5.41) is 5.92. The van der Waals surface area contributed by atoms with Crippen LogP contribution in [-0.4, -0.2) is 36.0 Å². The molecule has 0 aromatic heterocycles. The molecule has 1 aliphatic heterocycles. The number of benzene rings is 1. The van der Waals surface area contributed by atoms with E-state index in [1.165, 1.54) is 0 Å². The number of carbonyl (C=O) groups excluding carboxylic acids is 2. The minimum atomic E-state index is -0.0568. The van der Waals surface area contributed by atoms with Gasteiger partial charge in [-0.1, -0.05) is 25.1 Å². The molecule has 2 rings (SSSR count). The van der Waals surface area contributed by atoms with E-state index in [0.717, 1.165) is 24.9 Å². The lowest BCUT2D eigenvalue weighted by atomic mass is 9.93. The summed E-state index contributed by atoms with van der Waals surface area (Å²) in [6.45, 7) is 5.50. The fraction of sp³-hybridized carbons (Fsp3) is 0.556. The summed E-state index contributed by atoms with van der Waals surface area (Å²) in [5.74, 6) is 0.506. The van der Waals surface area contributed by atoms with Crippen LogP contribution in [0.25, 0.3) is 0 Å². The first-order valence-corrected chi connectivity index (χ1v) is 8.48. The lowest BCUT2D eigenvalue weighted by molar-refractivity contribution is -0.122. The number of anilines is 1. The molecule has 1 fully saturated rings. The highest BCUT2D eigenvalue weighted by molar-refractivity contribution is 5.89. The van der Waals surface area contributed by atoms with E-state index in [-0.39, 0.29) is 18.0 Å². The summed E-state index contributed by atoms with van der Waals surface area (Å²) in [7, 11) is 0. The Kier molecular flexibility index (Phi) is 6.44. The van der Waals surface area contributed by atoms with E-state index in [1.54, 1.807) is 0 Å². The molecule has 23 heavy (non-hydrogen) atoms. The van der Waals surface area contributed by atoms with Gasteiger partial charge in [-0.3, -0.25) is 4.79 Å². The number of nitrogens with one attached hydrogen (secondary N) is 2. The van der Waals surface area contributed by atoms with Crippen LogP contribution < -0.4 is 10.6 Å². The van der Waals surface area contributed by atoms with Crippen molar-refractivity contribution in [1.82, 2.24) is 10.2 Å². The molecule has 1 saturated heterocycles. The van der Waals surface area contributed by atoms with Gasteiger partial charge in [0.05, 0.1) is 0 Å². The van der Waals surface area contributed by atoms with Crippen molar-refractivity contribution >= 4 is 17.6 Å². The fourth-order valence-electron chi connectivity index (χ4n) is 2.76. The van der Waals surface area contributed by atoms with E-state index in [2.05, 4.69) is 17.6 Å². The second kappa shape index (κ2) is 8.56. The third-order valence-corrected chi connectivity index (χ3v) is 4.42. The molecule has 0 unspecified atom stereocenters. The van der Waals surface area contributed by atoms with Crippen molar-refractivity contribution < 1.29 is 9.59 Å². The van der Waals surface area contributed by atoms with Gasteiger partial charge in [-0.25, -0.2) is 4.79 Å². The molecule has 3 amide bonds. The maximum atomic E-state index is 12.2. The Morgan fingerprint density at radius 1 is 1.22 bits per heavy atom. The van der Waals surface area contributed by atoms with Crippen LogP contribution in [0.15, 0.2) is 30.3 Å². The van der Waals surface area contributed by atoms with E-state index in [9.17, 15) is 9.59 Å². The van der Waals surface area contributed by atoms with Crippen molar-refractivity contribution in [3.05, 3.63) is 30.3 Å². The Morgan fingerprint density at radius 3 is 2.48 bits per heavy atom. The highest BCUT2D eigenvalue weighted by Crippen LogP contribution is 2.21. The number of hydrogen-bond acceptors (Lipinski definition) is 2. The lowest BCUT2D eigenvalue weighted by Gasteiger charge is -2.32. The molecule has 0 bridgehead atoms. The minimum absolute atomic E-state index is 0.0568. The number of nitrogens with zero attached hydrogens (tertiary/aromatic N) is 1. The Balaban J connectivity index is 1.73. The molecule has 1 aliphatic rings. The summed E-state index contributed by atoms with van der Waals surface area (Å²) in [6.07, 6.45) is 3.29. The highest BCUT2D eigenvalue weighted by atomic mass is 16.2. The molecule has 5 heteroatoms. The SMILES string of the molecule is CC[C@H](C)NC(=O)CC1CCN(C(=O)Nc2ccccc2)CC1. The molecule has 0 aliphatic carbocycles. The molecule has 126 valence electrons. The van der Waals surface area contributed by atoms with Crippen LogP contribution in [-0.2, 0) is 4.79 Å². The van der Waals surface area contributed by atoms with E-state index < -0.39 is 0 Å². The average Bonchev–Trinajstić information content (AvgIpc) is 2.56. The number of urea groups is 1. The molecule has 5 nitrogen and oxygen atoms in total. The molecule has 2 N–H and O–H groups in total. The zero-order chi connectivity index (χ0) is 16.7. The molecule has 0 radical (unpaired) electrons. The summed E-state index contributed by atoms with van der Waals surface area (Å²) < 4.78 is 0. The van der Waals surface area contributed by atoms with Gasteiger partial charge < -0.3 is 15.5 Å². The van der Waals surface area contributed by atoms with E-state index >= 15 is 0 Å². The Morgan fingerprint density at radius 2 is 1.87 bits per heavy atom. The van der Waals surface area contributed by atoms with Gasteiger partial charge in [-0.05, 0) is 44.2 Å². The predicted molar refractivity (Wildman–Crippen MR) is 92.3 cm³/mol. The second-order valence-electron chi connectivity index (χ2n) is 6.31. The quantitative estimate of drug-likeness (QED) is 0.876. The van der Waals surface area contributed by atoms with Crippen LogP contribution in [0.3, 0.4) is 0 Å². The third-order valence-electron chi connectivity index (χ3n) is 4.42.